The van der Waals surface area contributed by atoms with Gasteiger partial charge < -0.3 is 15.0 Å². The molecule has 0 unspecified atom stereocenters. The van der Waals surface area contributed by atoms with Crippen LogP contribution in [0.25, 0.3) is 0 Å². The van der Waals surface area contributed by atoms with Crippen LogP contribution in [0.2, 0.25) is 0 Å². The van der Waals surface area contributed by atoms with E-state index in [2.05, 4.69) is 37.4 Å². The molecule has 2 aromatic carbocycles. The Bertz CT molecular complexity index is 915. The molecule has 160 valence electrons. The number of nitrogens with zero attached hydrogens (tertiary/aromatic N) is 1. The fraction of sp³-hybridized carbons (Fsp3) is 0.417. The number of anilines is 1. The number of benzene rings is 2. The quantitative estimate of drug-likeness (QED) is 0.646. The molecule has 0 radical (unpaired) electrons. The Hall–Kier alpha value is -2.31. The predicted octanol–water partition coefficient (Wildman–Crippen LogP) is 4.10. The Morgan fingerprint density at radius 1 is 1.23 bits per heavy atom. The molecular weight excluding hydrogens is 396 g/mol. The Morgan fingerprint density at radius 3 is 2.77 bits per heavy atom. The van der Waals surface area contributed by atoms with E-state index in [4.69, 9.17) is 4.74 Å². The van der Waals surface area contributed by atoms with E-state index in [-0.39, 0.29) is 11.8 Å². The van der Waals surface area contributed by atoms with Crippen molar-refractivity contribution in [2.75, 3.05) is 25.2 Å². The van der Waals surface area contributed by atoms with Crippen molar-refractivity contribution in [2.24, 2.45) is 5.92 Å². The van der Waals surface area contributed by atoms with Crippen molar-refractivity contribution in [3.63, 3.8) is 0 Å². The molecule has 1 aliphatic rings. The lowest BCUT2D eigenvalue weighted by molar-refractivity contribution is -0.128. The molecule has 30 heavy (non-hydrogen) atoms. The molecule has 1 heterocycles. The third-order valence-electron chi connectivity index (χ3n) is 5.44. The SMILES string of the molecule is COCCCNC(=O)[C@@H](C)[C@@H]1Sc2ccccc2N(Cc2cc(C)ccc2C)C1=O. The molecular formula is C24H30N2O3S. The Labute approximate surface area is 183 Å². The molecule has 2 aromatic rings. The summed E-state index contributed by atoms with van der Waals surface area (Å²) in [6.45, 7) is 7.61. The average molecular weight is 427 g/mol. The van der Waals surface area contributed by atoms with Gasteiger partial charge in [-0.3, -0.25) is 9.59 Å². The van der Waals surface area contributed by atoms with E-state index in [0.29, 0.717) is 19.7 Å². The molecule has 2 atom stereocenters. The monoisotopic (exact) mass is 426 g/mol. The largest absolute Gasteiger partial charge is 0.385 e. The molecule has 1 aliphatic heterocycles. The van der Waals surface area contributed by atoms with Gasteiger partial charge in [-0.05, 0) is 43.5 Å². The smallest absolute Gasteiger partial charge is 0.241 e. The first-order chi connectivity index (χ1) is 14.4. The van der Waals surface area contributed by atoms with Crippen LogP contribution in [0.1, 0.15) is 30.0 Å². The lowest BCUT2D eigenvalue weighted by atomic mass is 10.0. The van der Waals surface area contributed by atoms with Gasteiger partial charge in [-0.2, -0.15) is 0 Å². The fourth-order valence-corrected chi connectivity index (χ4v) is 4.87. The van der Waals surface area contributed by atoms with E-state index < -0.39 is 11.2 Å². The Balaban J connectivity index is 1.83. The normalized spacial score (nSPS) is 16.9. The molecule has 3 rings (SSSR count). The van der Waals surface area contributed by atoms with Gasteiger partial charge in [0.05, 0.1) is 18.2 Å². The van der Waals surface area contributed by atoms with E-state index in [1.165, 1.54) is 17.3 Å². The summed E-state index contributed by atoms with van der Waals surface area (Å²) in [5.74, 6) is -0.540. The Kier molecular flexibility index (Phi) is 7.56. The van der Waals surface area contributed by atoms with Gasteiger partial charge in [0.2, 0.25) is 11.8 Å². The van der Waals surface area contributed by atoms with Crippen molar-refractivity contribution in [2.45, 2.75) is 43.9 Å². The number of hydrogen-bond acceptors (Lipinski definition) is 4. The van der Waals surface area contributed by atoms with Crippen molar-refractivity contribution in [1.29, 1.82) is 0 Å². The lowest BCUT2D eigenvalue weighted by Gasteiger charge is -2.36. The summed E-state index contributed by atoms with van der Waals surface area (Å²) in [4.78, 5) is 29.1. The molecule has 0 spiro atoms. The minimum atomic E-state index is -0.451. The first-order valence-corrected chi connectivity index (χ1v) is 11.2. The second kappa shape index (κ2) is 10.1. The molecule has 6 heteroatoms. The molecule has 0 aromatic heterocycles. The van der Waals surface area contributed by atoms with Crippen LogP contribution in [-0.2, 0) is 20.9 Å². The number of carbonyl (C=O) groups excluding carboxylic acids is 2. The second-order valence-corrected chi connectivity index (χ2v) is 8.97. The summed E-state index contributed by atoms with van der Waals surface area (Å²) < 4.78 is 5.03. The third-order valence-corrected chi connectivity index (χ3v) is 6.91. The molecule has 0 saturated carbocycles. The maximum atomic E-state index is 13.5. The zero-order valence-electron chi connectivity index (χ0n) is 18.1. The zero-order chi connectivity index (χ0) is 21.7. The van der Waals surface area contributed by atoms with Crippen molar-refractivity contribution in [3.8, 4) is 0 Å². The number of thioether (sulfide) groups is 1. The fourth-order valence-electron chi connectivity index (χ4n) is 3.59. The maximum Gasteiger partial charge on any atom is 0.241 e. The van der Waals surface area contributed by atoms with Crippen LogP contribution < -0.4 is 10.2 Å². The number of carbonyl (C=O) groups is 2. The van der Waals surface area contributed by atoms with Crippen LogP contribution in [-0.4, -0.2) is 37.3 Å². The van der Waals surface area contributed by atoms with Gasteiger partial charge >= 0.3 is 0 Å². The van der Waals surface area contributed by atoms with Crippen LogP contribution >= 0.6 is 11.8 Å². The number of methoxy groups -OCH3 is 1. The Morgan fingerprint density at radius 2 is 2.00 bits per heavy atom. The van der Waals surface area contributed by atoms with Crippen LogP contribution in [0, 0.1) is 19.8 Å². The van der Waals surface area contributed by atoms with Crippen molar-refractivity contribution in [1.82, 2.24) is 5.32 Å². The highest BCUT2D eigenvalue weighted by atomic mass is 32.2. The van der Waals surface area contributed by atoms with E-state index in [9.17, 15) is 9.59 Å². The summed E-state index contributed by atoms with van der Waals surface area (Å²) in [5, 5.41) is 2.49. The maximum absolute atomic E-state index is 13.5. The van der Waals surface area contributed by atoms with Gasteiger partial charge in [0.25, 0.3) is 0 Å². The summed E-state index contributed by atoms with van der Waals surface area (Å²) in [6.07, 6.45) is 0.752. The lowest BCUT2D eigenvalue weighted by Crippen LogP contribution is -2.47. The van der Waals surface area contributed by atoms with Gasteiger partial charge in [-0.15, -0.1) is 11.8 Å². The summed E-state index contributed by atoms with van der Waals surface area (Å²) in [7, 11) is 1.64. The highest BCUT2D eigenvalue weighted by molar-refractivity contribution is 8.01. The van der Waals surface area contributed by atoms with Crippen molar-refractivity contribution < 1.29 is 14.3 Å². The highest BCUT2D eigenvalue weighted by Crippen LogP contribution is 2.42. The van der Waals surface area contributed by atoms with Gasteiger partial charge in [0, 0.05) is 25.2 Å². The topological polar surface area (TPSA) is 58.6 Å². The average Bonchev–Trinajstić information content (AvgIpc) is 2.74. The van der Waals surface area contributed by atoms with Crippen LogP contribution in [0.15, 0.2) is 47.4 Å². The van der Waals surface area contributed by atoms with Crippen molar-refractivity contribution >= 4 is 29.3 Å². The predicted molar refractivity (Wildman–Crippen MR) is 122 cm³/mol. The summed E-state index contributed by atoms with van der Waals surface area (Å²) >= 11 is 1.49. The van der Waals surface area contributed by atoms with E-state index >= 15 is 0 Å². The van der Waals surface area contributed by atoms with Gasteiger partial charge in [0.1, 0.15) is 5.25 Å². The minimum absolute atomic E-state index is 0.0147. The second-order valence-electron chi connectivity index (χ2n) is 7.79. The minimum Gasteiger partial charge on any atom is -0.385 e. The van der Waals surface area contributed by atoms with E-state index in [0.717, 1.165) is 28.1 Å². The van der Waals surface area contributed by atoms with Gasteiger partial charge in [0.15, 0.2) is 0 Å². The first-order valence-electron chi connectivity index (χ1n) is 10.3. The molecule has 0 aliphatic carbocycles. The van der Waals surface area contributed by atoms with E-state index in [1.54, 1.807) is 7.11 Å². The molecule has 2 amide bonds. The molecule has 1 N–H and O–H groups in total. The number of ether oxygens (including phenoxy) is 1. The van der Waals surface area contributed by atoms with Crippen LogP contribution in [0.5, 0.6) is 0 Å². The summed E-state index contributed by atoms with van der Waals surface area (Å²) in [5.41, 5.74) is 4.37. The van der Waals surface area contributed by atoms with Crippen molar-refractivity contribution in [3.05, 3.63) is 59.2 Å². The van der Waals surface area contributed by atoms with Gasteiger partial charge in [-0.1, -0.05) is 42.8 Å². The molecule has 0 saturated heterocycles. The molecule has 5 nitrogen and oxygen atoms in total. The standard InChI is InChI=1S/C24H30N2O3S/c1-16-10-11-17(2)19(14-16)15-26-20-8-5-6-9-21(20)30-22(24(26)28)18(3)23(27)25-12-7-13-29-4/h5-6,8-11,14,18,22H,7,12-13,15H2,1-4H3,(H,25,27)/t18-,22-/m0/s1. The number of aryl methyl sites for hydroxylation is 2. The number of rotatable bonds is 8. The van der Waals surface area contributed by atoms with Gasteiger partial charge in [-0.25, -0.2) is 0 Å². The number of fused-ring (bicyclic) bond motifs is 1. The highest BCUT2D eigenvalue weighted by Gasteiger charge is 2.39. The first kappa shape index (κ1) is 22.4. The molecule has 0 bridgehead atoms. The molecule has 0 fully saturated rings. The zero-order valence-corrected chi connectivity index (χ0v) is 18.9. The third kappa shape index (κ3) is 5.05. The van der Waals surface area contributed by atoms with Crippen LogP contribution in [0.4, 0.5) is 5.69 Å². The van der Waals surface area contributed by atoms with E-state index in [1.807, 2.05) is 36.1 Å². The number of amides is 2. The summed E-state index contributed by atoms with van der Waals surface area (Å²) in [6, 6.07) is 14.2. The number of hydrogen-bond donors (Lipinski definition) is 1. The number of nitrogens with one attached hydrogen (secondary N) is 1. The number of para-hydroxylation sites is 1. The van der Waals surface area contributed by atoms with Crippen LogP contribution in [0.3, 0.4) is 0 Å².